The Morgan fingerprint density at radius 1 is 0.803 bits per heavy atom. The van der Waals surface area contributed by atoms with Gasteiger partial charge in [-0.15, -0.1) is 0 Å². The van der Waals surface area contributed by atoms with Crippen LogP contribution in [0.4, 0.5) is 0 Å². The van der Waals surface area contributed by atoms with Gasteiger partial charge in [0.15, 0.2) is 5.96 Å². The summed E-state index contributed by atoms with van der Waals surface area (Å²) in [5.41, 5.74) is 13.6. The summed E-state index contributed by atoms with van der Waals surface area (Å²) < 4.78 is 0. The van der Waals surface area contributed by atoms with Crippen molar-refractivity contribution in [3.63, 3.8) is 0 Å². The van der Waals surface area contributed by atoms with Crippen LogP contribution < -0.4 is 38.1 Å². The lowest BCUT2D eigenvalue weighted by atomic mass is 9.84. The van der Waals surface area contributed by atoms with E-state index in [0.717, 1.165) is 48.8 Å². The number of nitrogens with zero attached hydrogens (tertiary/aromatic N) is 3. The highest BCUT2D eigenvalue weighted by atomic mass is 16.2. The lowest BCUT2D eigenvalue weighted by Gasteiger charge is -2.40. The second kappa shape index (κ2) is 21.0. The van der Waals surface area contributed by atoms with Crippen LogP contribution in [0.25, 0.3) is 0 Å². The highest BCUT2D eigenvalue weighted by Crippen LogP contribution is 2.31. The first kappa shape index (κ1) is 44.5. The molecule has 0 aromatic heterocycles. The average Bonchev–Trinajstić information content (AvgIpc) is 3.75. The minimum Gasteiger partial charge on any atom is -0.370 e. The van der Waals surface area contributed by atoms with E-state index in [0.29, 0.717) is 25.7 Å². The molecule has 1 aliphatic carbocycles. The Balaban J connectivity index is 1.35. The van der Waals surface area contributed by atoms with E-state index in [4.69, 9.17) is 11.5 Å². The molecular formula is C44H60N10O7. The van der Waals surface area contributed by atoms with Gasteiger partial charge in [-0.2, -0.15) is 0 Å². The third kappa shape index (κ3) is 11.9. The van der Waals surface area contributed by atoms with Crippen molar-refractivity contribution >= 4 is 47.3 Å². The number of fused-ring (bicyclic) bond motifs is 3. The van der Waals surface area contributed by atoms with Gasteiger partial charge in [-0.25, -0.2) is 0 Å². The summed E-state index contributed by atoms with van der Waals surface area (Å²) in [6.45, 7) is 1.40. The van der Waals surface area contributed by atoms with Gasteiger partial charge >= 0.3 is 0 Å². The van der Waals surface area contributed by atoms with Gasteiger partial charge in [0, 0.05) is 45.9 Å². The summed E-state index contributed by atoms with van der Waals surface area (Å²) in [4.78, 5) is 106. The SMILES string of the molecule is CC(=O)N[C@@H](Cc1ccccc1)C(=O)NC1CNC(=O)[C@H](CCCN=C(N)N)NC(=O)C2Cc3ccccc3CN2C(=O)[C@@H](CC2CCCCC2)NC(=O)C2CCCN2C1=O. The number of rotatable bonds is 11. The number of benzene rings is 2. The molecular weight excluding hydrogens is 781 g/mol. The van der Waals surface area contributed by atoms with Crippen molar-refractivity contribution in [1.29, 1.82) is 0 Å². The summed E-state index contributed by atoms with van der Waals surface area (Å²) in [7, 11) is 0. The van der Waals surface area contributed by atoms with Crippen molar-refractivity contribution < 1.29 is 33.6 Å². The first-order valence-corrected chi connectivity index (χ1v) is 21.6. The Labute approximate surface area is 356 Å². The van der Waals surface area contributed by atoms with E-state index in [2.05, 4.69) is 31.6 Å². The summed E-state index contributed by atoms with van der Waals surface area (Å²) in [5, 5.41) is 14.1. The van der Waals surface area contributed by atoms with E-state index in [9.17, 15) is 33.6 Å². The van der Waals surface area contributed by atoms with E-state index >= 15 is 0 Å². The standard InChI is InChI=1S/C44H60N10O7/c1-27(55)49-33(22-28-12-4-2-5-13-28)39(57)52-35-25-48-38(56)32(18-10-20-47-44(45)46)50-41(59)37-24-30-16-8-9-17-31(30)26-54(37)42(60)34(23-29-14-6-3-7-15-29)51-40(58)36-19-11-21-53(36)43(35)61/h2,4-5,8-9,12-13,16-17,29,32-37H,3,6-7,10-11,14-15,18-26H2,1H3,(H,48,56)(H,49,55)(H,50,59)(H,51,58)(H,52,57)(H4,45,46,47)/t32-,33-,34+,35?,36?,37?/m0/s1. The molecule has 4 aliphatic rings. The van der Waals surface area contributed by atoms with Gasteiger partial charge in [-0.05, 0) is 54.7 Å². The highest BCUT2D eigenvalue weighted by Gasteiger charge is 2.43. The quantitative estimate of drug-likeness (QED) is 0.0932. The van der Waals surface area contributed by atoms with Crippen molar-refractivity contribution in [2.75, 3.05) is 19.6 Å². The molecule has 328 valence electrons. The van der Waals surface area contributed by atoms with E-state index in [-0.39, 0.29) is 50.8 Å². The van der Waals surface area contributed by atoms with Crippen molar-refractivity contribution in [1.82, 2.24) is 36.4 Å². The number of carbonyl (C=O) groups excluding carboxylic acids is 7. The smallest absolute Gasteiger partial charge is 0.247 e. The van der Waals surface area contributed by atoms with Crippen LogP contribution >= 0.6 is 0 Å². The summed E-state index contributed by atoms with van der Waals surface area (Å²) in [6, 6.07) is 10.1. The second-order valence-electron chi connectivity index (χ2n) is 16.7. The van der Waals surface area contributed by atoms with Crippen LogP contribution in [0.1, 0.15) is 87.8 Å². The fourth-order valence-electron chi connectivity index (χ4n) is 9.08. The number of aliphatic imine (C=N–C) groups is 1. The summed E-state index contributed by atoms with van der Waals surface area (Å²) in [5.74, 6) is -3.79. The molecule has 7 amide bonds. The number of amides is 7. The van der Waals surface area contributed by atoms with Gasteiger partial charge < -0.3 is 47.9 Å². The van der Waals surface area contributed by atoms with E-state index < -0.39 is 84.1 Å². The Morgan fingerprint density at radius 3 is 2.21 bits per heavy atom. The normalized spacial score (nSPS) is 24.5. The zero-order chi connectivity index (χ0) is 43.5. The molecule has 1 saturated carbocycles. The molecule has 3 unspecified atom stereocenters. The highest BCUT2D eigenvalue weighted by molar-refractivity contribution is 5.98. The van der Waals surface area contributed by atoms with Gasteiger partial charge in [0.05, 0.1) is 0 Å². The lowest BCUT2D eigenvalue weighted by Crippen LogP contribution is -2.63. The molecule has 6 rings (SSSR count). The van der Waals surface area contributed by atoms with Crippen LogP contribution in [0, 0.1) is 5.92 Å². The van der Waals surface area contributed by atoms with Crippen LogP contribution in [0.2, 0.25) is 0 Å². The molecule has 3 heterocycles. The Kier molecular flexibility index (Phi) is 15.3. The van der Waals surface area contributed by atoms with Crippen molar-refractivity contribution in [3.05, 3.63) is 71.3 Å². The number of hydrogen-bond acceptors (Lipinski definition) is 8. The fraction of sp³-hybridized carbons (Fsp3) is 0.545. The molecule has 2 saturated heterocycles. The number of carbonyl (C=O) groups is 7. The summed E-state index contributed by atoms with van der Waals surface area (Å²) in [6.07, 6.45) is 6.83. The fourth-order valence-corrected chi connectivity index (χ4v) is 9.08. The molecule has 0 bridgehead atoms. The second-order valence-corrected chi connectivity index (χ2v) is 16.7. The van der Waals surface area contributed by atoms with Crippen LogP contribution in [0.3, 0.4) is 0 Å². The molecule has 2 aromatic carbocycles. The van der Waals surface area contributed by atoms with Crippen LogP contribution in [0.5, 0.6) is 0 Å². The maximum atomic E-state index is 14.9. The third-order valence-corrected chi connectivity index (χ3v) is 12.2. The Morgan fingerprint density at radius 2 is 1.49 bits per heavy atom. The van der Waals surface area contributed by atoms with Crippen LogP contribution in [0.15, 0.2) is 59.6 Å². The van der Waals surface area contributed by atoms with Crippen molar-refractivity contribution in [2.24, 2.45) is 22.4 Å². The molecule has 2 aromatic rings. The maximum absolute atomic E-state index is 14.9. The van der Waals surface area contributed by atoms with Crippen LogP contribution in [-0.4, -0.2) is 113 Å². The summed E-state index contributed by atoms with van der Waals surface area (Å²) >= 11 is 0. The first-order chi connectivity index (χ1) is 29.4. The topological polar surface area (TPSA) is 251 Å². The van der Waals surface area contributed by atoms with E-state index in [1.807, 2.05) is 54.6 Å². The Hall–Kier alpha value is -6.00. The minimum atomic E-state index is -1.37. The molecule has 3 fully saturated rings. The Bertz CT molecular complexity index is 1950. The van der Waals surface area contributed by atoms with Crippen LogP contribution in [-0.2, 0) is 52.9 Å². The van der Waals surface area contributed by atoms with Crippen molar-refractivity contribution in [2.45, 2.75) is 127 Å². The largest absolute Gasteiger partial charge is 0.370 e. The van der Waals surface area contributed by atoms with E-state index in [1.54, 1.807) is 0 Å². The lowest BCUT2D eigenvalue weighted by molar-refractivity contribution is -0.147. The first-order valence-electron chi connectivity index (χ1n) is 21.6. The van der Waals surface area contributed by atoms with Gasteiger partial charge in [-0.3, -0.25) is 38.6 Å². The van der Waals surface area contributed by atoms with Crippen molar-refractivity contribution in [3.8, 4) is 0 Å². The monoisotopic (exact) mass is 840 g/mol. The molecule has 9 N–H and O–H groups in total. The molecule has 0 spiro atoms. The molecule has 17 heteroatoms. The van der Waals surface area contributed by atoms with E-state index in [1.165, 1.54) is 16.7 Å². The zero-order valence-electron chi connectivity index (χ0n) is 34.9. The van der Waals surface area contributed by atoms with Gasteiger partial charge in [0.1, 0.15) is 36.3 Å². The van der Waals surface area contributed by atoms with Gasteiger partial charge in [0.2, 0.25) is 41.4 Å². The molecule has 0 radical (unpaired) electrons. The molecule has 6 atom stereocenters. The average molecular weight is 841 g/mol. The molecule has 61 heavy (non-hydrogen) atoms. The third-order valence-electron chi connectivity index (χ3n) is 12.2. The number of guanidine groups is 1. The minimum absolute atomic E-state index is 0.104. The predicted octanol–water partition coefficient (Wildman–Crippen LogP) is 0.287. The van der Waals surface area contributed by atoms with Gasteiger partial charge in [0.25, 0.3) is 0 Å². The number of nitrogens with two attached hydrogens (primary N) is 2. The molecule has 17 nitrogen and oxygen atoms in total. The number of hydrogen-bond donors (Lipinski definition) is 7. The molecule has 3 aliphatic heterocycles. The van der Waals surface area contributed by atoms with Gasteiger partial charge in [-0.1, -0.05) is 86.7 Å². The predicted molar refractivity (Wildman–Crippen MR) is 227 cm³/mol. The zero-order valence-corrected chi connectivity index (χ0v) is 34.9. The maximum Gasteiger partial charge on any atom is 0.247 e. The number of nitrogens with one attached hydrogen (secondary N) is 5.